The van der Waals surface area contributed by atoms with Crippen LogP contribution < -0.4 is 10.5 Å². The van der Waals surface area contributed by atoms with Crippen LogP contribution in [0.1, 0.15) is 31.0 Å². The highest BCUT2D eigenvalue weighted by atomic mass is 16.5. The van der Waals surface area contributed by atoms with E-state index >= 15 is 0 Å². The van der Waals surface area contributed by atoms with Gasteiger partial charge < -0.3 is 10.5 Å². The minimum atomic E-state index is 0.376. The second kappa shape index (κ2) is 5.26. The zero-order valence-electron chi connectivity index (χ0n) is 11.8. The Morgan fingerprint density at radius 2 is 1.95 bits per heavy atom. The summed E-state index contributed by atoms with van der Waals surface area (Å²) < 4.78 is 5.40. The molecule has 0 bridgehead atoms. The molecule has 2 N–H and O–H groups in total. The third-order valence-corrected chi connectivity index (χ3v) is 3.21. The molecule has 1 aromatic heterocycles. The number of hydrogen-bond acceptors (Lipinski definition) is 4. The molecule has 0 aliphatic heterocycles. The second-order valence-electron chi connectivity index (χ2n) is 4.83. The van der Waals surface area contributed by atoms with E-state index in [1.54, 1.807) is 7.11 Å². The lowest BCUT2D eigenvalue weighted by Crippen LogP contribution is -2.00. The van der Waals surface area contributed by atoms with Crippen LogP contribution in [0.2, 0.25) is 0 Å². The fourth-order valence-corrected chi connectivity index (χ4v) is 2.19. The van der Waals surface area contributed by atoms with Gasteiger partial charge in [-0.15, -0.1) is 0 Å². The van der Waals surface area contributed by atoms with Gasteiger partial charge in [0.1, 0.15) is 17.9 Å². The first kappa shape index (κ1) is 13.3. The number of rotatable bonds is 3. The van der Waals surface area contributed by atoms with Crippen LogP contribution in [0.25, 0.3) is 11.1 Å². The average Bonchev–Trinajstić information content (AvgIpc) is 2.38. The third kappa shape index (κ3) is 2.52. The molecule has 0 saturated carbocycles. The van der Waals surface area contributed by atoms with E-state index in [0.29, 0.717) is 11.7 Å². The lowest BCUT2D eigenvalue weighted by atomic mass is 9.96. The van der Waals surface area contributed by atoms with E-state index < -0.39 is 0 Å². The van der Waals surface area contributed by atoms with Gasteiger partial charge in [0.25, 0.3) is 0 Å². The zero-order valence-corrected chi connectivity index (χ0v) is 11.8. The van der Waals surface area contributed by atoms with Gasteiger partial charge in [-0.05, 0) is 36.1 Å². The third-order valence-electron chi connectivity index (χ3n) is 3.21. The summed E-state index contributed by atoms with van der Waals surface area (Å²) in [5, 5.41) is 0. The van der Waals surface area contributed by atoms with Gasteiger partial charge in [-0.3, -0.25) is 0 Å². The van der Waals surface area contributed by atoms with E-state index in [9.17, 15) is 0 Å². The van der Waals surface area contributed by atoms with Crippen LogP contribution in [-0.2, 0) is 0 Å². The van der Waals surface area contributed by atoms with Crippen LogP contribution in [-0.4, -0.2) is 17.1 Å². The highest BCUT2D eigenvalue weighted by molar-refractivity contribution is 5.76. The Hall–Kier alpha value is -2.10. The molecular formula is C15H19N3O. The number of methoxy groups -OCH3 is 1. The Bertz CT molecular complexity index is 574. The number of nitrogens with two attached hydrogens (primary N) is 1. The van der Waals surface area contributed by atoms with E-state index in [1.807, 2.05) is 19.1 Å². The summed E-state index contributed by atoms with van der Waals surface area (Å²) in [6.45, 7) is 6.21. The van der Waals surface area contributed by atoms with Gasteiger partial charge in [0.15, 0.2) is 0 Å². The summed E-state index contributed by atoms with van der Waals surface area (Å²) in [7, 11) is 1.69. The number of aryl methyl sites for hydroxylation is 1. The molecule has 0 amide bonds. The molecule has 0 saturated heterocycles. The highest BCUT2D eigenvalue weighted by Gasteiger charge is 2.13. The lowest BCUT2D eigenvalue weighted by molar-refractivity contribution is 0.407. The van der Waals surface area contributed by atoms with Crippen LogP contribution >= 0.6 is 0 Å². The molecule has 2 rings (SSSR count). The van der Waals surface area contributed by atoms with Crippen molar-refractivity contribution in [1.29, 1.82) is 0 Å². The first-order valence-electron chi connectivity index (χ1n) is 6.30. The molecule has 0 unspecified atom stereocenters. The van der Waals surface area contributed by atoms with Crippen molar-refractivity contribution in [3.05, 3.63) is 35.8 Å². The molecular weight excluding hydrogens is 238 g/mol. The van der Waals surface area contributed by atoms with Crippen LogP contribution in [0.5, 0.6) is 5.75 Å². The van der Waals surface area contributed by atoms with E-state index in [-0.39, 0.29) is 0 Å². The van der Waals surface area contributed by atoms with Gasteiger partial charge in [0, 0.05) is 5.56 Å². The van der Waals surface area contributed by atoms with Crippen molar-refractivity contribution in [3.8, 4) is 16.9 Å². The molecule has 0 aliphatic carbocycles. The Balaban J connectivity index is 2.61. The monoisotopic (exact) mass is 257 g/mol. The van der Waals surface area contributed by atoms with Gasteiger partial charge in [0.05, 0.1) is 12.8 Å². The van der Waals surface area contributed by atoms with Crippen molar-refractivity contribution < 1.29 is 4.74 Å². The molecule has 19 heavy (non-hydrogen) atoms. The van der Waals surface area contributed by atoms with E-state index in [1.165, 1.54) is 6.33 Å². The zero-order chi connectivity index (χ0) is 14.0. The predicted molar refractivity (Wildman–Crippen MR) is 77.3 cm³/mol. The van der Waals surface area contributed by atoms with Crippen molar-refractivity contribution >= 4 is 5.82 Å². The summed E-state index contributed by atoms with van der Waals surface area (Å²) in [4.78, 5) is 8.28. The van der Waals surface area contributed by atoms with Crippen LogP contribution in [0.3, 0.4) is 0 Å². The Morgan fingerprint density at radius 3 is 2.53 bits per heavy atom. The van der Waals surface area contributed by atoms with E-state index in [4.69, 9.17) is 10.5 Å². The maximum Gasteiger partial charge on any atom is 0.134 e. The number of benzene rings is 1. The summed E-state index contributed by atoms with van der Waals surface area (Å²) in [6, 6.07) is 6.06. The normalized spacial score (nSPS) is 10.8. The van der Waals surface area contributed by atoms with Gasteiger partial charge in [-0.25, -0.2) is 9.97 Å². The summed E-state index contributed by atoms with van der Waals surface area (Å²) in [6.07, 6.45) is 1.49. The van der Waals surface area contributed by atoms with E-state index in [0.717, 1.165) is 28.1 Å². The minimum Gasteiger partial charge on any atom is -0.496 e. The maximum atomic E-state index is 5.97. The minimum absolute atomic E-state index is 0.376. The smallest absolute Gasteiger partial charge is 0.134 e. The number of aromatic nitrogens is 2. The van der Waals surface area contributed by atoms with Gasteiger partial charge >= 0.3 is 0 Å². The average molecular weight is 257 g/mol. The second-order valence-corrected chi connectivity index (χ2v) is 4.83. The SMILES string of the molecule is COc1ccc(-c2c(C)ncnc2N)cc1C(C)C. The summed E-state index contributed by atoms with van der Waals surface area (Å²) >= 11 is 0. The Kier molecular flexibility index (Phi) is 3.69. The van der Waals surface area contributed by atoms with Gasteiger partial charge in [-0.2, -0.15) is 0 Å². The highest BCUT2D eigenvalue weighted by Crippen LogP contribution is 2.33. The molecule has 4 heteroatoms. The van der Waals surface area contributed by atoms with Crippen LogP contribution in [0, 0.1) is 6.92 Å². The molecule has 0 atom stereocenters. The maximum absolute atomic E-state index is 5.97. The fourth-order valence-electron chi connectivity index (χ4n) is 2.19. The Labute approximate surface area is 113 Å². The Morgan fingerprint density at radius 1 is 1.21 bits per heavy atom. The molecule has 100 valence electrons. The number of ether oxygens (including phenoxy) is 1. The molecule has 0 aliphatic rings. The number of nitrogens with zero attached hydrogens (tertiary/aromatic N) is 2. The number of hydrogen-bond donors (Lipinski definition) is 1. The van der Waals surface area contributed by atoms with Crippen molar-refractivity contribution in [3.63, 3.8) is 0 Å². The predicted octanol–water partition coefficient (Wildman–Crippen LogP) is 3.17. The molecule has 0 fully saturated rings. The molecule has 2 aromatic rings. The van der Waals surface area contributed by atoms with Crippen molar-refractivity contribution in [2.24, 2.45) is 0 Å². The molecule has 1 heterocycles. The standard InChI is InChI=1S/C15H19N3O/c1-9(2)12-7-11(5-6-13(12)19-4)14-10(3)17-8-18-15(14)16/h5-9H,1-4H3,(H2,16,17,18). The van der Waals surface area contributed by atoms with Gasteiger partial charge in [0.2, 0.25) is 0 Å². The first-order valence-corrected chi connectivity index (χ1v) is 6.30. The largest absolute Gasteiger partial charge is 0.496 e. The molecule has 4 nitrogen and oxygen atoms in total. The lowest BCUT2D eigenvalue weighted by Gasteiger charge is -2.15. The van der Waals surface area contributed by atoms with Gasteiger partial charge in [-0.1, -0.05) is 19.9 Å². The van der Waals surface area contributed by atoms with Crippen molar-refractivity contribution in [1.82, 2.24) is 9.97 Å². The molecule has 0 radical (unpaired) electrons. The topological polar surface area (TPSA) is 61.0 Å². The number of nitrogen functional groups attached to an aromatic ring is 1. The molecule has 0 spiro atoms. The quantitative estimate of drug-likeness (QED) is 0.917. The van der Waals surface area contributed by atoms with Crippen LogP contribution in [0.15, 0.2) is 24.5 Å². The summed E-state index contributed by atoms with van der Waals surface area (Å²) in [5.74, 6) is 1.78. The summed E-state index contributed by atoms with van der Waals surface area (Å²) in [5.41, 5.74) is 9.93. The fraction of sp³-hybridized carbons (Fsp3) is 0.333. The number of anilines is 1. The van der Waals surface area contributed by atoms with Crippen molar-refractivity contribution in [2.45, 2.75) is 26.7 Å². The van der Waals surface area contributed by atoms with Crippen LogP contribution in [0.4, 0.5) is 5.82 Å². The molecule has 1 aromatic carbocycles. The first-order chi connectivity index (χ1) is 9.04. The van der Waals surface area contributed by atoms with Crippen molar-refractivity contribution in [2.75, 3.05) is 12.8 Å². The van der Waals surface area contributed by atoms with E-state index in [2.05, 4.69) is 29.9 Å².